The van der Waals surface area contributed by atoms with Gasteiger partial charge in [0.2, 0.25) is 0 Å². The number of rotatable bonds is 5. The molecule has 0 aliphatic carbocycles. The molecule has 15 heavy (non-hydrogen) atoms. The molecule has 0 aliphatic rings. The lowest BCUT2D eigenvalue weighted by Crippen LogP contribution is -2.05. The fraction of sp³-hybridized carbons (Fsp3) is 0.364. The summed E-state index contributed by atoms with van der Waals surface area (Å²) in [7, 11) is 0. The van der Waals surface area contributed by atoms with E-state index in [1.54, 1.807) is 0 Å². The molecule has 0 saturated carbocycles. The average molecular weight is 247 g/mol. The van der Waals surface area contributed by atoms with E-state index in [1.165, 1.54) is 0 Å². The Hall–Kier alpha value is -0.730. The van der Waals surface area contributed by atoms with Crippen molar-refractivity contribution in [3.63, 3.8) is 0 Å². The van der Waals surface area contributed by atoms with Crippen molar-refractivity contribution >= 4 is 29.2 Å². The second-order valence-corrected chi connectivity index (χ2v) is 4.35. The monoisotopic (exact) mass is 246 g/mol. The number of halogens is 2. The van der Waals surface area contributed by atoms with Gasteiger partial charge in [0.25, 0.3) is 0 Å². The lowest BCUT2D eigenvalue weighted by molar-refractivity contribution is -0.145. The van der Waals surface area contributed by atoms with Crippen LogP contribution < -0.4 is 0 Å². The van der Waals surface area contributed by atoms with E-state index in [4.69, 9.17) is 27.9 Å². The van der Waals surface area contributed by atoms with Crippen LogP contribution in [0.4, 0.5) is 0 Å². The third-order valence-electron chi connectivity index (χ3n) is 1.81. The van der Waals surface area contributed by atoms with Gasteiger partial charge in [0.05, 0.1) is 0 Å². The summed E-state index contributed by atoms with van der Waals surface area (Å²) in [5.74, 6) is -0.273. The number of ether oxygens (including phenoxy) is 1. The fourth-order valence-electron chi connectivity index (χ4n) is 1.04. The van der Waals surface area contributed by atoms with Crippen LogP contribution in [0.1, 0.15) is 18.4 Å². The number of esters is 1. The molecule has 82 valence electrons. The topological polar surface area (TPSA) is 26.3 Å². The molecule has 1 aromatic carbocycles. The number of hydrogen-bond acceptors (Lipinski definition) is 2. The van der Waals surface area contributed by atoms with Crippen LogP contribution >= 0.6 is 23.2 Å². The molecule has 1 aromatic rings. The molecular weight excluding hydrogens is 235 g/mol. The highest BCUT2D eigenvalue weighted by Gasteiger charge is 2.06. The standard InChI is InChI=1S/C11H12Cl2O2/c12-10(13)6-7-11(14)15-8-9-4-2-1-3-5-9/h1-5,10H,6-8H2. The Morgan fingerprint density at radius 1 is 1.27 bits per heavy atom. The zero-order valence-electron chi connectivity index (χ0n) is 8.16. The number of benzene rings is 1. The van der Waals surface area contributed by atoms with E-state index in [9.17, 15) is 4.79 Å². The smallest absolute Gasteiger partial charge is 0.306 e. The molecule has 0 amide bonds. The van der Waals surface area contributed by atoms with Crippen LogP contribution in [0.5, 0.6) is 0 Å². The summed E-state index contributed by atoms with van der Waals surface area (Å²) in [6, 6.07) is 9.52. The SMILES string of the molecule is O=C(CCC(Cl)Cl)OCc1ccccc1. The third kappa shape index (κ3) is 5.65. The lowest BCUT2D eigenvalue weighted by atomic mass is 10.2. The van der Waals surface area contributed by atoms with E-state index < -0.39 is 4.84 Å². The Kier molecular flexibility index (Phi) is 5.51. The first-order chi connectivity index (χ1) is 7.18. The van der Waals surface area contributed by atoms with Crippen LogP contribution in [0.25, 0.3) is 0 Å². The highest BCUT2D eigenvalue weighted by molar-refractivity contribution is 6.44. The maximum Gasteiger partial charge on any atom is 0.306 e. The van der Waals surface area contributed by atoms with Crippen LogP contribution in [0.2, 0.25) is 0 Å². The molecule has 0 atom stereocenters. The summed E-state index contributed by atoms with van der Waals surface area (Å²) >= 11 is 11.0. The predicted molar refractivity (Wildman–Crippen MR) is 61.0 cm³/mol. The zero-order chi connectivity index (χ0) is 11.1. The first kappa shape index (κ1) is 12.3. The predicted octanol–water partition coefficient (Wildman–Crippen LogP) is 3.31. The summed E-state index contributed by atoms with van der Waals surface area (Å²) in [4.78, 5) is 10.7. The normalized spacial score (nSPS) is 10.3. The Balaban J connectivity index is 2.23. The van der Waals surface area contributed by atoms with Gasteiger partial charge in [0.15, 0.2) is 0 Å². The summed E-state index contributed by atoms with van der Waals surface area (Å²) in [5.41, 5.74) is 0.971. The molecule has 2 nitrogen and oxygen atoms in total. The minimum absolute atomic E-state index is 0.254. The van der Waals surface area contributed by atoms with Crippen LogP contribution in [0.3, 0.4) is 0 Å². The van der Waals surface area contributed by atoms with Gasteiger partial charge in [0.1, 0.15) is 11.4 Å². The summed E-state index contributed by atoms with van der Waals surface area (Å²) in [6.07, 6.45) is 0.682. The molecule has 0 aliphatic heterocycles. The second kappa shape index (κ2) is 6.70. The quantitative estimate of drug-likeness (QED) is 0.589. The van der Waals surface area contributed by atoms with E-state index in [1.807, 2.05) is 30.3 Å². The van der Waals surface area contributed by atoms with Gasteiger partial charge in [0, 0.05) is 6.42 Å². The molecule has 0 heterocycles. The maximum absolute atomic E-state index is 11.2. The van der Waals surface area contributed by atoms with Crippen LogP contribution in [0.15, 0.2) is 30.3 Å². The van der Waals surface area contributed by atoms with Crippen molar-refractivity contribution < 1.29 is 9.53 Å². The van der Waals surface area contributed by atoms with Gasteiger partial charge >= 0.3 is 5.97 Å². The molecule has 0 saturated heterocycles. The molecule has 0 spiro atoms. The van der Waals surface area contributed by atoms with Crippen molar-refractivity contribution in [3.05, 3.63) is 35.9 Å². The lowest BCUT2D eigenvalue weighted by Gasteiger charge is -2.04. The molecule has 0 unspecified atom stereocenters. The van der Waals surface area contributed by atoms with Gasteiger partial charge in [-0.2, -0.15) is 0 Å². The van der Waals surface area contributed by atoms with Crippen molar-refractivity contribution in [1.29, 1.82) is 0 Å². The Morgan fingerprint density at radius 3 is 2.53 bits per heavy atom. The summed E-state index contributed by atoms with van der Waals surface area (Å²) in [6.45, 7) is 0.301. The molecule has 0 radical (unpaired) electrons. The van der Waals surface area contributed by atoms with Crippen molar-refractivity contribution in [2.75, 3.05) is 0 Å². The van der Waals surface area contributed by atoms with Gasteiger partial charge < -0.3 is 4.74 Å². The summed E-state index contributed by atoms with van der Waals surface area (Å²) in [5, 5.41) is 0. The Bertz CT molecular complexity index is 299. The zero-order valence-corrected chi connectivity index (χ0v) is 9.67. The molecule has 4 heteroatoms. The van der Waals surface area contributed by atoms with Crippen LogP contribution in [-0.4, -0.2) is 10.8 Å². The minimum atomic E-state index is -0.505. The van der Waals surface area contributed by atoms with Gasteiger partial charge in [-0.3, -0.25) is 4.79 Å². The van der Waals surface area contributed by atoms with Crippen molar-refractivity contribution in [1.82, 2.24) is 0 Å². The van der Waals surface area contributed by atoms with Crippen molar-refractivity contribution in [2.45, 2.75) is 24.3 Å². The molecule has 0 N–H and O–H groups in total. The number of carbonyl (C=O) groups is 1. The van der Waals surface area contributed by atoms with Crippen molar-refractivity contribution in [3.8, 4) is 0 Å². The third-order valence-corrected chi connectivity index (χ3v) is 2.25. The largest absolute Gasteiger partial charge is 0.461 e. The number of hydrogen-bond donors (Lipinski definition) is 0. The van der Waals surface area contributed by atoms with Gasteiger partial charge in [-0.25, -0.2) is 0 Å². The Labute approximate surface area is 99.1 Å². The molecule has 0 bridgehead atoms. The minimum Gasteiger partial charge on any atom is -0.461 e. The van der Waals surface area contributed by atoms with E-state index in [0.29, 0.717) is 13.0 Å². The van der Waals surface area contributed by atoms with E-state index in [-0.39, 0.29) is 12.4 Å². The average Bonchev–Trinajstić information content (AvgIpc) is 2.25. The fourth-order valence-corrected chi connectivity index (χ4v) is 1.26. The van der Waals surface area contributed by atoms with Gasteiger partial charge in [-0.05, 0) is 12.0 Å². The maximum atomic E-state index is 11.2. The highest BCUT2D eigenvalue weighted by atomic mass is 35.5. The Morgan fingerprint density at radius 2 is 1.93 bits per heavy atom. The first-order valence-electron chi connectivity index (χ1n) is 4.66. The molecule has 0 fully saturated rings. The second-order valence-electron chi connectivity index (χ2n) is 3.08. The number of carbonyl (C=O) groups excluding carboxylic acids is 1. The van der Waals surface area contributed by atoms with E-state index >= 15 is 0 Å². The van der Waals surface area contributed by atoms with Gasteiger partial charge in [-0.1, -0.05) is 30.3 Å². The molecule has 1 rings (SSSR count). The van der Waals surface area contributed by atoms with Crippen LogP contribution in [0, 0.1) is 0 Å². The van der Waals surface area contributed by atoms with Crippen molar-refractivity contribution in [2.24, 2.45) is 0 Å². The number of alkyl halides is 2. The molecule has 0 aromatic heterocycles. The first-order valence-corrected chi connectivity index (χ1v) is 5.53. The molecular formula is C11H12Cl2O2. The highest BCUT2D eigenvalue weighted by Crippen LogP contribution is 2.10. The summed E-state index contributed by atoms with van der Waals surface area (Å²) < 4.78 is 5.02. The van der Waals surface area contributed by atoms with E-state index in [2.05, 4.69) is 0 Å². The van der Waals surface area contributed by atoms with E-state index in [0.717, 1.165) is 5.56 Å². The van der Waals surface area contributed by atoms with Gasteiger partial charge in [-0.15, -0.1) is 23.2 Å². The van der Waals surface area contributed by atoms with Crippen LogP contribution in [-0.2, 0) is 16.1 Å².